The Morgan fingerprint density at radius 1 is 1.18 bits per heavy atom. The van der Waals surface area contributed by atoms with Gasteiger partial charge in [-0.2, -0.15) is 4.98 Å². The first-order chi connectivity index (χ1) is 13.5. The zero-order chi connectivity index (χ0) is 19.7. The molecule has 4 rings (SSSR count). The first-order valence-corrected chi connectivity index (χ1v) is 9.48. The van der Waals surface area contributed by atoms with Crippen molar-refractivity contribution >= 4 is 28.2 Å². The van der Waals surface area contributed by atoms with Crippen LogP contribution in [0.25, 0.3) is 16.2 Å². The van der Waals surface area contributed by atoms with Gasteiger partial charge in [0.05, 0.1) is 5.69 Å². The van der Waals surface area contributed by atoms with Crippen LogP contribution in [0.5, 0.6) is 5.75 Å². The van der Waals surface area contributed by atoms with Crippen molar-refractivity contribution in [3.63, 3.8) is 0 Å². The number of fused-ring (bicyclic) bond motifs is 1. The highest BCUT2D eigenvalue weighted by atomic mass is 32.1. The van der Waals surface area contributed by atoms with Gasteiger partial charge in [-0.1, -0.05) is 6.07 Å². The van der Waals surface area contributed by atoms with E-state index in [1.165, 1.54) is 23.5 Å². The summed E-state index contributed by atoms with van der Waals surface area (Å²) in [7, 11) is 0. The van der Waals surface area contributed by atoms with Crippen LogP contribution in [0.15, 0.2) is 47.8 Å². The van der Waals surface area contributed by atoms with Gasteiger partial charge in [0, 0.05) is 10.9 Å². The van der Waals surface area contributed by atoms with Gasteiger partial charge in [0.15, 0.2) is 6.61 Å². The SMILES string of the molecule is Cc1ccc(OCC(=O)Nc2nc3scc(-c4ccc(F)cc4)n3n2)cc1C. The number of anilines is 1. The predicted octanol–water partition coefficient (Wildman–Crippen LogP) is 4.23. The number of halogens is 1. The van der Waals surface area contributed by atoms with Gasteiger partial charge in [-0.15, -0.1) is 16.4 Å². The smallest absolute Gasteiger partial charge is 0.264 e. The van der Waals surface area contributed by atoms with Crippen LogP contribution in [0.3, 0.4) is 0 Å². The van der Waals surface area contributed by atoms with Gasteiger partial charge >= 0.3 is 0 Å². The minimum absolute atomic E-state index is 0.139. The molecule has 6 nitrogen and oxygen atoms in total. The number of aromatic nitrogens is 3. The Hall–Kier alpha value is -3.26. The van der Waals surface area contributed by atoms with E-state index in [0.29, 0.717) is 10.7 Å². The summed E-state index contributed by atoms with van der Waals surface area (Å²) >= 11 is 1.39. The highest BCUT2D eigenvalue weighted by Gasteiger charge is 2.14. The fraction of sp³-hybridized carbons (Fsp3) is 0.150. The van der Waals surface area contributed by atoms with Crippen molar-refractivity contribution in [1.82, 2.24) is 14.6 Å². The third-order valence-electron chi connectivity index (χ3n) is 4.32. The van der Waals surface area contributed by atoms with Gasteiger partial charge in [-0.05, 0) is 61.4 Å². The third kappa shape index (κ3) is 3.72. The molecule has 142 valence electrons. The molecule has 1 N–H and O–H groups in total. The number of ether oxygens (including phenoxy) is 1. The largest absolute Gasteiger partial charge is 0.484 e. The Bertz CT molecular complexity index is 1150. The number of nitrogens with zero attached hydrogens (tertiary/aromatic N) is 3. The molecule has 28 heavy (non-hydrogen) atoms. The lowest BCUT2D eigenvalue weighted by atomic mass is 10.1. The molecule has 0 aliphatic heterocycles. The fourth-order valence-corrected chi connectivity index (χ4v) is 3.50. The Labute approximate surface area is 164 Å². The molecule has 8 heteroatoms. The maximum Gasteiger partial charge on any atom is 0.264 e. The molecule has 4 aromatic rings. The maximum atomic E-state index is 13.1. The van der Waals surface area contributed by atoms with Crippen LogP contribution in [0, 0.1) is 19.7 Å². The topological polar surface area (TPSA) is 68.5 Å². The van der Waals surface area contributed by atoms with Crippen LogP contribution in [0.2, 0.25) is 0 Å². The van der Waals surface area contributed by atoms with E-state index in [2.05, 4.69) is 15.4 Å². The van der Waals surface area contributed by atoms with Gasteiger partial charge in [0.1, 0.15) is 11.6 Å². The van der Waals surface area contributed by atoms with Gasteiger partial charge in [0.25, 0.3) is 11.9 Å². The van der Waals surface area contributed by atoms with E-state index in [4.69, 9.17) is 4.74 Å². The molecule has 2 aromatic carbocycles. The molecular formula is C20H17FN4O2S. The number of carbonyl (C=O) groups excluding carboxylic acids is 1. The van der Waals surface area contributed by atoms with Crippen LogP contribution < -0.4 is 10.1 Å². The van der Waals surface area contributed by atoms with Crippen molar-refractivity contribution in [2.45, 2.75) is 13.8 Å². The molecule has 0 saturated carbocycles. The molecule has 2 aromatic heterocycles. The lowest BCUT2D eigenvalue weighted by Crippen LogP contribution is -2.21. The number of carbonyl (C=O) groups is 1. The Kier molecular flexibility index (Phi) is 4.79. The average molecular weight is 396 g/mol. The number of hydrogen-bond donors (Lipinski definition) is 1. The Morgan fingerprint density at radius 2 is 1.96 bits per heavy atom. The second-order valence-electron chi connectivity index (χ2n) is 6.34. The summed E-state index contributed by atoms with van der Waals surface area (Å²) in [6.45, 7) is 3.87. The monoisotopic (exact) mass is 396 g/mol. The summed E-state index contributed by atoms with van der Waals surface area (Å²) in [6.07, 6.45) is 0. The molecule has 0 radical (unpaired) electrons. The van der Waals surface area contributed by atoms with E-state index in [1.54, 1.807) is 16.6 Å². The molecule has 0 aliphatic carbocycles. The van der Waals surface area contributed by atoms with Crippen LogP contribution >= 0.6 is 11.3 Å². The van der Waals surface area contributed by atoms with Gasteiger partial charge < -0.3 is 4.74 Å². The number of hydrogen-bond acceptors (Lipinski definition) is 5. The van der Waals surface area contributed by atoms with Crippen LogP contribution in [0.4, 0.5) is 10.3 Å². The quantitative estimate of drug-likeness (QED) is 0.548. The average Bonchev–Trinajstić information content (AvgIpc) is 3.23. The summed E-state index contributed by atoms with van der Waals surface area (Å²) in [4.78, 5) is 17.1. The standard InChI is InChI=1S/C20H17FN4O2S/c1-12-3-8-16(9-13(12)2)27-10-18(26)22-19-23-20-25(24-19)17(11-28-20)14-4-6-15(21)7-5-14/h3-9,11H,10H2,1-2H3,(H,22,24,26). The van der Waals surface area contributed by atoms with Crippen molar-refractivity contribution in [1.29, 1.82) is 0 Å². The minimum Gasteiger partial charge on any atom is -0.484 e. The Balaban J connectivity index is 1.45. The number of rotatable bonds is 5. The van der Waals surface area contributed by atoms with Crippen LogP contribution in [-0.4, -0.2) is 27.1 Å². The highest BCUT2D eigenvalue weighted by Crippen LogP contribution is 2.26. The van der Waals surface area contributed by atoms with Gasteiger partial charge in [-0.3, -0.25) is 10.1 Å². The number of benzene rings is 2. The molecule has 2 heterocycles. The number of aryl methyl sites for hydroxylation is 2. The van der Waals surface area contributed by atoms with E-state index in [1.807, 2.05) is 37.4 Å². The van der Waals surface area contributed by atoms with Gasteiger partial charge in [0.2, 0.25) is 4.96 Å². The highest BCUT2D eigenvalue weighted by molar-refractivity contribution is 7.15. The molecule has 0 fully saturated rings. The molecule has 0 atom stereocenters. The summed E-state index contributed by atoms with van der Waals surface area (Å²) in [5.74, 6) is 0.185. The molecule has 0 bridgehead atoms. The lowest BCUT2D eigenvalue weighted by molar-refractivity contribution is -0.118. The van der Waals surface area contributed by atoms with Gasteiger partial charge in [-0.25, -0.2) is 8.91 Å². The first-order valence-electron chi connectivity index (χ1n) is 8.60. The summed E-state index contributed by atoms with van der Waals surface area (Å²) in [6, 6.07) is 11.8. The van der Waals surface area contributed by atoms with Crippen molar-refractivity contribution in [2.24, 2.45) is 0 Å². The van der Waals surface area contributed by atoms with Crippen molar-refractivity contribution < 1.29 is 13.9 Å². The molecule has 0 saturated heterocycles. The summed E-state index contributed by atoms with van der Waals surface area (Å²) in [5, 5.41) is 8.85. The van der Waals surface area contributed by atoms with E-state index in [0.717, 1.165) is 22.4 Å². The lowest BCUT2D eigenvalue weighted by Gasteiger charge is -2.07. The van der Waals surface area contributed by atoms with Crippen molar-refractivity contribution in [3.05, 3.63) is 64.8 Å². The van der Waals surface area contributed by atoms with Crippen LogP contribution in [0.1, 0.15) is 11.1 Å². The fourth-order valence-electron chi connectivity index (χ4n) is 2.67. The minimum atomic E-state index is -0.347. The number of amides is 1. The third-order valence-corrected chi connectivity index (χ3v) is 5.14. The zero-order valence-corrected chi connectivity index (χ0v) is 16.1. The van der Waals surface area contributed by atoms with E-state index >= 15 is 0 Å². The van der Waals surface area contributed by atoms with Crippen molar-refractivity contribution in [3.8, 4) is 17.0 Å². The molecule has 1 amide bonds. The maximum absolute atomic E-state index is 13.1. The number of thiazole rings is 1. The van der Waals surface area contributed by atoms with Crippen molar-refractivity contribution in [2.75, 3.05) is 11.9 Å². The molecule has 0 spiro atoms. The first kappa shape index (κ1) is 18.1. The second-order valence-corrected chi connectivity index (χ2v) is 7.18. The second kappa shape index (κ2) is 7.40. The summed E-state index contributed by atoms with van der Waals surface area (Å²) < 4.78 is 20.3. The molecule has 0 aliphatic rings. The Morgan fingerprint density at radius 3 is 2.71 bits per heavy atom. The van der Waals surface area contributed by atoms with E-state index in [-0.39, 0.29) is 24.3 Å². The number of nitrogens with one attached hydrogen (secondary N) is 1. The van der Waals surface area contributed by atoms with Crippen LogP contribution in [-0.2, 0) is 4.79 Å². The molecule has 0 unspecified atom stereocenters. The summed E-state index contributed by atoms with van der Waals surface area (Å²) in [5.41, 5.74) is 3.85. The molecular weight excluding hydrogens is 379 g/mol. The van der Waals surface area contributed by atoms with E-state index in [9.17, 15) is 9.18 Å². The predicted molar refractivity (Wildman–Crippen MR) is 106 cm³/mol. The normalized spacial score (nSPS) is 11.0. The zero-order valence-electron chi connectivity index (χ0n) is 15.3. The van der Waals surface area contributed by atoms with E-state index < -0.39 is 0 Å².